The molecule has 0 atom stereocenters. The van der Waals surface area contributed by atoms with Gasteiger partial charge in [0.2, 0.25) is 0 Å². The minimum absolute atomic E-state index is 0. The van der Waals surface area contributed by atoms with E-state index in [0.717, 1.165) is 33.4 Å². The summed E-state index contributed by atoms with van der Waals surface area (Å²) < 4.78 is 2.99. The highest BCUT2D eigenvalue weighted by atomic mass is 35.5. The number of aromatic nitrogens is 8. The smallest absolute Gasteiger partial charge is 0.263 e. The molecule has 2 amide bonds. The number of hydrazine groups is 2. The van der Waals surface area contributed by atoms with E-state index >= 15 is 0 Å². The number of pyridine rings is 2. The zero-order valence-electron chi connectivity index (χ0n) is 28.3. The summed E-state index contributed by atoms with van der Waals surface area (Å²) in [5.41, 5.74) is 17.0. The summed E-state index contributed by atoms with van der Waals surface area (Å²) >= 11 is 0. The first kappa shape index (κ1) is 37.2. The van der Waals surface area contributed by atoms with Crippen LogP contribution in [-0.2, 0) is 9.59 Å². The monoisotopic (exact) mass is 704 g/mol. The van der Waals surface area contributed by atoms with Crippen molar-refractivity contribution in [1.82, 2.24) is 50.3 Å². The molecule has 15 heteroatoms. The molecule has 51 heavy (non-hydrogen) atoms. The second kappa shape index (κ2) is 18.2. The number of rotatable bonds is 10. The van der Waals surface area contributed by atoms with Gasteiger partial charge < -0.3 is 0 Å². The van der Waals surface area contributed by atoms with Crippen molar-refractivity contribution in [2.24, 2.45) is 0 Å². The van der Waals surface area contributed by atoms with Crippen molar-refractivity contribution in [3.05, 3.63) is 132 Å². The van der Waals surface area contributed by atoms with E-state index in [9.17, 15) is 9.59 Å². The van der Waals surface area contributed by atoms with E-state index in [2.05, 4.69) is 64.0 Å². The van der Waals surface area contributed by atoms with E-state index in [0.29, 0.717) is 23.3 Å². The average molecular weight is 705 g/mol. The molecule has 6 rings (SSSR count). The SMILES string of the molecule is Cc1cc(C)cc(-c2ncn(/C=C\C(=O)NNc3ccccn3)n2)c1.Cc1cc(C)cc(-c2ncn(/C=C\C(=O)NNc3ccccn3)n2)c1.Cl. The van der Waals surface area contributed by atoms with Crippen LogP contribution in [0.1, 0.15) is 22.3 Å². The number of amides is 2. The topological polar surface area (TPSA) is 169 Å². The molecule has 260 valence electrons. The van der Waals surface area contributed by atoms with Crippen molar-refractivity contribution in [2.45, 2.75) is 27.7 Å². The number of halogens is 1. The van der Waals surface area contributed by atoms with Crippen LogP contribution in [0.25, 0.3) is 35.2 Å². The molecule has 6 aromatic rings. The van der Waals surface area contributed by atoms with Crippen LogP contribution in [0.4, 0.5) is 11.6 Å². The first-order valence-corrected chi connectivity index (χ1v) is 15.5. The average Bonchev–Trinajstić information content (AvgIpc) is 3.79. The van der Waals surface area contributed by atoms with Gasteiger partial charge in [0.05, 0.1) is 0 Å². The number of aryl methyl sites for hydroxylation is 4. The van der Waals surface area contributed by atoms with E-state index in [4.69, 9.17) is 0 Å². The lowest BCUT2D eigenvalue weighted by Crippen LogP contribution is -2.28. The van der Waals surface area contributed by atoms with Crippen LogP contribution in [0.2, 0.25) is 0 Å². The molecule has 0 aliphatic carbocycles. The molecule has 4 heterocycles. The van der Waals surface area contributed by atoms with E-state index in [1.807, 2.05) is 64.1 Å². The fraction of sp³-hybridized carbons (Fsp3) is 0.111. The van der Waals surface area contributed by atoms with Crippen LogP contribution >= 0.6 is 12.4 Å². The maximum absolute atomic E-state index is 11.8. The molecule has 4 N–H and O–H groups in total. The third-order valence-corrected chi connectivity index (χ3v) is 6.69. The third-order valence-electron chi connectivity index (χ3n) is 6.69. The van der Waals surface area contributed by atoms with Gasteiger partial charge in [0.1, 0.15) is 24.3 Å². The molecule has 0 aliphatic heterocycles. The van der Waals surface area contributed by atoms with Gasteiger partial charge >= 0.3 is 0 Å². The van der Waals surface area contributed by atoms with Crippen molar-refractivity contribution < 1.29 is 9.59 Å². The molecule has 0 unspecified atom stereocenters. The van der Waals surface area contributed by atoms with Gasteiger partial charge in [-0.2, -0.15) is 0 Å². The number of hydrogen-bond donors (Lipinski definition) is 4. The largest absolute Gasteiger partial charge is 0.282 e. The van der Waals surface area contributed by atoms with Gasteiger partial charge in [-0.25, -0.2) is 29.3 Å². The minimum atomic E-state index is -0.325. The fourth-order valence-electron chi connectivity index (χ4n) is 4.66. The van der Waals surface area contributed by atoms with Gasteiger partial charge in [0, 0.05) is 48.1 Å². The summed E-state index contributed by atoms with van der Waals surface area (Å²) in [7, 11) is 0. The Kier molecular flexibility index (Phi) is 13.3. The molecular weight excluding hydrogens is 668 g/mol. The lowest BCUT2D eigenvalue weighted by molar-refractivity contribution is -0.116. The lowest BCUT2D eigenvalue weighted by Gasteiger charge is -2.04. The van der Waals surface area contributed by atoms with Crippen molar-refractivity contribution >= 4 is 48.3 Å². The Labute approximate surface area is 301 Å². The summed E-state index contributed by atoms with van der Waals surface area (Å²) in [6.07, 6.45) is 12.2. The molecule has 0 radical (unpaired) electrons. The van der Waals surface area contributed by atoms with Gasteiger partial charge in [-0.1, -0.05) is 46.5 Å². The number of nitrogens with one attached hydrogen (secondary N) is 4. The normalized spacial score (nSPS) is 10.6. The molecule has 0 saturated carbocycles. The molecule has 2 aromatic carbocycles. The number of benzene rings is 2. The van der Waals surface area contributed by atoms with E-state index < -0.39 is 0 Å². The second-order valence-corrected chi connectivity index (χ2v) is 11.1. The Bertz CT molecular complexity index is 1920. The Morgan fingerprint density at radius 1 is 0.569 bits per heavy atom. The highest BCUT2D eigenvalue weighted by molar-refractivity contribution is 5.91. The van der Waals surface area contributed by atoms with Gasteiger partial charge in [-0.3, -0.25) is 31.3 Å². The fourth-order valence-corrected chi connectivity index (χ4v) is 4.66. The Morgan fingerprint density at radius 2 is 0.961 bits per heavy atom. The van der Waals surface area contributed by atoms with Crippen molar-refractivity contribution in [2.75, 3.05) is 10.9 Å². The van der Waals surface area contributed by atoms with Crippen molar-refractivity contribution in [3.8, 4) is 22.8 Å². The first-order chi connectivity index (χ1) is 24.2. The van der Waals surface area contributed by atoms with Crippen molar-refractivity contribution in [3.63, 3.8) is 0 Å². The summed E-state index contributed by atoms with van der Waals surface area (Å²) in [5.74, 6) is 1.69. The van der Waals surface area contributed by atoms with Crippen molar-refractivity contribution in [1.29, 1.82) is 0 Å². The van der Waals surface area contributed by atoms with Gasteiger partial charge in [0.15, 0.2) is 11.6 Å². The predicted octanol–water partition coefficient (Wildman–Crippen LogP) is 5.56. The number of carbonyl (C=O) groups excluding carboxylic acids is 2. The standard InChI is InChI=1S/2C18H18N6O.ClH/c2*1-13-9-14(2)11-15(10-13)18-20-12-24(23-18)8-6-17(25)22-21-16-5-3-4-7-19-16;/h2*3-12H,1-2H3,(H,19,21)(H,22,25);1H/b2*8-6-;. The highest BCUT2D eigenvalue weighted by Crippen LogP contribution is 2.19. The van der Waals surface area contributed by atoms with Gasteiger partial charge in [-0.15, -0.1) is 22.6 Å². The van der Waals surface area contributed by atoms with Crippen LogP contribution in [0, 0.1) is 27.7 Å². The number of anilines is 2. The van der Waals surface area contributed by atoms with Gasteiger partial charge in [-0.05, 0) is 76.2 Å². The van der Waals surface area contributed by atoms with Crippen LogP contribution in [0.3, 0.4) is 0 Å². The second-order valence-electron chi connectivity index (χ2n) is 11.1. The first-order valence-electron chi connectivity index (χ1n) is 15.5. The molecule has 0 aliphatic rings. The van der Waals surface area contributed by atoms with Crippen LogP contribution in [-0.4, -0.2) is 51.3 Å². The minimum Gasteiger partial charge on any atom is -0.282 e. The van der Waals surface area contributed by atoms with Gasteiger partial charge in [0.25, 0.3) is 11.8 Å². The maximum atomic E-state index is 11.8. The molecule has 0 saturated heterocycles. The summed E-state index contributed by atoms with van der Waals surface area (Å²) in [6.45, 7) is 8.14. The zero-order valence-corrected chi connectivity index (χ0v) is 29.2. The van der Waals surface area contributed by atoms with Crippen LogP contribution in [0.5, 0.6) is 0 Å². The summed E-state index contributed by atoms with van der Waals surface area (Å²) in [6, 6.07) is 23.0. The Hall–Kier alpha value is -6.67. The highest BCUT2D eigenvalue weighted by Gasteiger charge is 2.06. The number of hydrogen-bond acceptors (Lipinski definition) is 10. The lowest BCUT2D eigenvalue weighted by atomic mass is 10.1. The van der Waals surface area contributed by atoms with Crippen LogP contribution < -0.4 is 21.7 Å². The van der Waals surface area contributed by atoms with E-state index in [1.165, 1.54) is 33.9 Å². The van der Waals surface area contributed by atoms with Crippen LogP contribution in [0.15, 0.2) is 110 Å². The Balaban J connectivity index is 0.000000224. The zero-order chi connectivity index (χ0) is 35.3. The maximum Gasteiger partial charge on any atom is 0.263 e. The summed E-state index contributed by atoms with van der Waals surface area (Å²) in [5, 5.41) is 8.72. The number of nitrogens with zero attached hydrogens (tertiary/aromatic N) is 8. The third kappa shape index (κ3) is 11.8. The predicted molar refractivity (Wildman–Crippen MR) is 200 cm³/mol. The molecule has 0 fully saturated rings. The van der Waals surface area contributed by atoms with E-state index in [-0.39, 0.29) is 24.2 Å². The molecule has 4 aromatic heterocycles. The Morgan fingerprint density at radius 3 is 1.31 bits per heavy atom. The van der Waals surface area contributed by atoms with E-state index in [1.54, 1.807) is 49.3 Å². The quantitative estimate of drug-likeness (QED) is 0.105. The molecule has 14 nitrogen and oxygen atoms in total. The summed E-state index contributed by atoms with van der Waals surface area (Å²) in [4.78, 5) is 40.3. The molecular formula is C36H37ClN12O2. The number of carbonyl (C=O) groups is 2. The molecule has 0 spiro atoms. The molecule has 0 bridgehead atoms.